The first-order chi connectivity index (χ1) is 18.9. The van der Waals surface area contributed by atoms with Gasteiger partial charge in [-0.25, -0.2) is 4.79 Å². The first-order valence-corrected chi connectivity index (χ1v) is 12.4. The van der Waals surface area contributed by atoms with Gasteiger partial charge < -0.3 is 19.1 Å². The van der Waals surface area contributed by atoms with E-state index in [4.69, 9.17) is 14.2 Å². The quantitative estimate of drug-likeness (QED) is 0.331. The number of imide groups is 1. The van der Waals surface area contributed by atoms with E-state index >= 15 is 0 Å². The van der Waals surface area contributed by atoms with E-state index in [-0.39, 0.29) is 55.6 Å². The number of nitrogens with one attached hydrogen (secondary N) is 1. The molecule has 0 spiro atoms. The Kier molecular flexibility index (Phi) is 7.18. The molecule has 5 rings (SSSR count). The normalized spacial score (nSPS) is 16.1. The molecule has 39 heavy (non-hydrogen) atoms. The minimum absolute atomic E-state index is 0.0821. The number of benzene rings is 3. The Morgan fingerprint density at radius 1 is 0.897 bits per heavy atom. The van der Waals surface area contributed by atoms with Crippen molar-refractivity contribution in [3.63, 3.8) is 0 Å². The maximum Gasteiger partial charge on any atom is 0.412 e. The van der Waals surface area contributed by atoms with E-state index in [1.807, 2.05) is 30.3 Å². The second-order valence-electron chi connectivity index (χ2n) is 9.17. The molecule has 200 valence electrons. The summed E-state index contributed by atoms with van der Waals surface area (Å²) in [4.78, 5) is 53.6. The van der Waals surface area contributed by atoms with Gasteiger partial charge in [0.1, 0.15) is 18.0 Å². The van der Waals surface area contributed by atoms with Crippen molar-refractivity contribution in [1.82, 2.24) is 9.80 Å². The zero-order valence-corrected chi connectivity index (χ0v) is 21.5. The number of methoxy groups -OCH3 is 2. The molecule has 3 aromatic carbocycles. The Morgan fingerprint density at radius 3 is 2.18 bits per heavy atom. The van der Waals surface area contributed by atoms with Crippen molar-refractivity contribution in [3.8, 4) is 11.5 Å². The summed E-state index contributed by atoms with van der Waals surface area (Å²) in [5.41, 5.74) is 2.44. The molecule has 10 nitrogen and oxygen atoms in total. The number of likely N-dealkylation sites (tertiary alicyclic amines) is 1. The number of rotatable bonds is 9. The molecule has 10 heteroatoms. The van der Waals surface area contributed by atoms with Crippen molar-refractivity contribution >= 4 is 29.5 Å². The van der Waals surface area contributed by atoms with Crippen molar-refractivity contribution in [3.05, 3.63) is 89.0 Å². The average molecular weight is 530 g/mol. The van der Waals surface area contributed by atoms with Crippen LogP contribution in [0.15, 0.2) is 66.7 Å². The van der Waals surface area contributed by atoms with Crippen LogP contribution in [0.2, 0.25) is 0 Å². The molecule has 0 saturated carbocycles. The molecule has 1 atom stereocenters. The SMILES string of the molecule is COc1ccc(CN2C(=O)CC2CN2C(=O)c3ccccc3C2=O)c(OC)c1NC(=O)OCc1ccccc1. The van der Waals surface area contributed by atoms with Crippen LogP contribution in [0.3, 0.4) is 0 Å². The van der Waals surface area contributed by atoms with Gasteiger partial charge in [0.2, 0.25) is 5.91 Å². The smallest absolute Gasteiger partial charge is 0.412 e. The van der Waals surface area contributed by atoms with Gasteiger partial charge >= 0.3 is 6.09 Å². The molecule has 2 aliphatic heterocycles. The first kappa shape index (κ1) is 25.8. The van der Waals surface area contributed by atoms with Gasteiger partial charge in [0, 0.05) is 18.5 Å². The Balaban J connectivity index is 1.30. The van der Waals surface area contributed by atoms with Crippen LogP contribution in [0.1, 0.15) is 38.3 Å². The number of fused-ring (bicyclic) bond motifs is 1. The van der Waals surface area contributed by atoms with E-state index < -0.39 is 6.09 Å². The third kappa shape index (κ3) is 5.00. The van der Waals surface area contributed by atoms with Crippen molar-refractivity contribution in [2.45, 2.75) is 25.6 Å². The number of amides is 4. The van der Waals surface area contributed by atoms with Crippen LogP contribution in [0.25, 0.3) is 0 Å². The fraction of sp³-hybridized carbons (Fsp3) is 0.241. The van der Waals surface area contributed by atoms with Gasteiger partial charge in [-0.05, 0) is 29.8 Å². The molecule has 4 amide bonds. The topological polar surface area (TPSA) is 114 Å². The Hall–Kier alpha value is -4.86. The van der Waals surface area contributed by atoms with E-state index in [0.717, 1.165) is 5.56 Å². The molecule has 0 radical (unpaired) electrons. The second-order valence-corrected chi connectivity index (χ2v) is 9.17. The first-order valence-electron chi connectivity index (χ1n) is 12.4. The maximum atomic E-state index is 12.8. The largest absolute Gasteiger partial charge is 0.494 e. The number of carbonyl (C=O) groups is 4. The summed E-state index contributed by atoms with van der Waals surface area (Å²) in [5, 5.41) is 2.69. The van der Waals surface area contributed by atoms with Gasteiger partial charge in [0.05, 0.1) is 37.9 Å². The molecule has 0 aliphatic carbocycles. The van der Waals surface area contributed by atoms with Gasteiger partial charge in [0.25, 0.3) is 11.8 Å². The lowest BCUT2D eigenvalue weighted by Gasteiger charge is -2.42. The van der Waals surface area contributed by atoms with Gasteiger partial charge in [-0.2, -0.15) is 0 Å². The minimum atomic E-state index is -0.698. The van der Waals surface area contributed by atoms with Crippen LogP contribution in [-0.2, 0) is 22.7 Å². The lowest BCUT2D eigenvalue weighted by molar-refractivity contribution is -0.147. The Bertz CT molecular complexity index is 1410. The van der Waals surface area contributed by atoms with E-state index in [0.29, 0.717) is 28.2 Å². The highest BCUT2D eigenvalue weighted by Crippen LogP contribution is 2.39. The van der Waals surface area contributed by atoms with Gasteiger partial charge in [-0.3, -0.25) is 24.6 Å². The van der Waals surface area contributed by atoms with Gasteiger partial charge in [-0.1, -0.05) is 42.5 Å². The van der Waals surface area contributed by atoms with E-state index in [2.05, 4.69) is 5.32 Å². The summed E-state index contributed by atoms with van der Waals surface area (Å²) in [6, 6.07) is 19.0. The van der Waals surface area contributed by atoms with Crippen LogP contribution in [0, 0.1) is 0 Å². The monoisotopic (exact) mass is 529 g/mol. The maximum absolute atomic E-state index is 12.8. The van der Waals surface area contributed by atoms with Gasteiger partial charge in [0.15, 0.2) is 5.75 Å². The molecule has 1 unspecified atom stereocenters. The molecule has 1 saturated heterocycles. The van der Waals surface area contributed by atoms with Crippen molar-refractivity contribution < 1.29 is 33.4 Å². The van der Waals surface area contributed by atoms with Crippen LogP contribution in [-0.4, -0.2) is 60.4 Å². The van der Waals surface area contributed by atoms with E-state index in [1.165, 1.54) is 19.1 Å². The zero-order chi connectivity index (χ0) is 27.5. The molecule has 3 aromatic rings. The molecule has 1 N–H and O–H groups in total. The summed E-state index contributed by atoms with van der Waals surface area (Å²) in [5.74, 6) is -0.184. The number of carbonyl (C=O) groups excluding carboxylic acids is 4. The molecule has 0 bridgehead atoms. The van der Waals surface area contributed by atoms with E-state index in [9.17, 15) is 19.2 Å². The highest BCUT2D eigenvalue weighted by atomic mass is 16.5. The summed E-state index contributed by atoms with van der Waals surface area (Å²) < 4.78 is 16.4. The standard InChI is InChI=1S/C29H27N3O7/c1-37-23-13-12-19(26(38-2)25(23)30-29(36)39-17-18-8-4-3-5-9-18)15-31-20(14-24(31)33)16-32-27(34)21-10-6-7-11-22(21)28(32)35/h3-13,20H,14-17H2,1-2H3,(H,30,36). The summed E-state index contributed by atoms with van der Waals surface area (Å²) in [7, 11) is 2.92. The van der Waals surface area contributed by atoms with Gasteiger partial charge in [-0.15, -0.1) is 0 Å². The number of hydrogen-bond donors (Lipinski definition) is 1. The average Bonchev–Trinajstić information content (AvgIpc) is 3.20. The van der Waals surface area contributed by atoms with E-state index in [1.54, 1.807) is 41.3 Å². The highest BCUT2D eigenvalue weighted by molar-refractivity contribution is 6.21. The highest BCUT2D eigenvalue weighted by Gasteiger charge is 2.43. The van der Waals surface area contributed by atoms with Crippen LogP contribution < -0.4 is 14.8 Å². The number of anilines is 1. The molecule has 0 aromatic heterocycles. The number of ether oxygens (including phenoxy) is 3. The van der Waals surface area contributed by atoms with Crippen molar-refractivity contribution in [2.24, 2.45) is 0 Å². The lowest BCUT2D eigenvalue weighted by atomic mass is 9.99. The summed E-state index contributed by atoms with van der Waals surface area (Å²) in [6.07, 6.45) is -0.487. The summed E-state index contributed by atoms with van der Waals surface area (Å²) in [6.45, 7) is 0.319. The van der Waals surface area contributed by atoms with Crippen molar-refractivity contribution in [1.29, 1.82) is 0 Å². The molecule has 2 heterocycles. The zero-order valence-electron chi connectivity index (χ0n) is 21.5. The molecule has 1 fully saturated rings. The second kappa shape index (κ2) is 10.9. The predicted molar refractivity (Wildman–Crippen MR) is 141 cm³/mol. The number of β-lactam (4-membered cyclic amide) rings is 1. The Labute approximate surface area is 225 Å². The third-order valence-electron chi connectivity index (χ3n) is 6.85. The predicted octanol–water partition coefficient (Wildman–Crippen LogP) is 3.85. The third-order valence-corrected chi connectivity index (χ3v) is 6.85. The fourth-order valence-corrected chi connectivity index (χ4v) is 4.81. The number of nitrogens with zero attached hydrogens (tertiary/aromatic N) is 2. The minimum Gasteiger partial charge on any atom is -0.494 e. The molecular formula is C29H27N3O7. The van der Waals surface area contributed by atoms with Crippen LogP contribution >= 0.6 is 0 Å². The lowest BCUT2D eigenvalue weighted by Crippen LogP contribution is -2.57. The Morgan fingerprint density at radius 2 is 1.56 bits per heavy atom. The van der Waals surface area contributed by atoms with Crippen molar-refractivity contribution in [2.75, 3.05) is 26.1 Å². The fourth-order valence-electron chi connectivity index (χ4n) is 4.81. The van der Waals surface area contributed by atoms with Crippen LogP contribution in [0.4, 0.5) is 10.5 Å². The molecular weight excluding hydrogens is 502 g/mol. The van der Waals surface area contributed by atoms with Crippen LogP contribution in [0.5, 0.6) is 11.5 Å². The number of hydrogen-bond acceptors (Lipinski definition) is 7. The molecule has 2 aliphatic rings. The summed E-state index contributed by atoms with van der Waals surface area (Å²) >= 11 is 0.